The van der Waals surface area contributed by atoms with Gasteiger partial charge >= 0.3 is 45.6 Å². The van der Waals surface area contributed by atoms with Gasteiger partial charge in [0.25, 0.3) is 0 Å². The third-order valence-corrected chi connectivity index (χ3v) is 25.9. The summed E-state index contributed by atoms with van der Waals surface area (Å²) < 4.78 is 236. The van der Waals surface area contributed by atoms with Crippen LogP contribution in [-0.2, 0) is 139 Å². The molecule has 0 bridgehead atoms. The summed E-state index contributed by atoms with van der Waals surface area (Å²) >= 11 is 0. The van der Waals surface area contributed by atoms with Gasteiger partial charge in [-0.25, -0.2) is 49.2 Å². The van der Waals surface area contributed by atoms with Gasteiger partial charge in [-0.2, -0.15) is 26.3 Å². The summed E-state index contributed by atoms with van der Waals surface area (Å²) in [6.07, 6.45) is -1.54. The Labute approximate surface area is 791 Å². The lowest BCUT2D eigenvalue weighted by Crippen LogP contribution is -2.38. The number of benzene rings is 9. The van der Waals surface area contributed by atoms with E-state index < -0.39 is 108 Å². The molecule has 0 aliphatic rings. The van der Waals surface area contributed by atoms with Gasteiger partial charge < -0.3 is 80.0 Å². The Morgan fingerprint density at radius 1 is 0.326 bits per heavy atom. The molecule has 135 heavy (non-hydrogen) atoms. The van der Waals surface area contributed by atoms with Crippen molar-refractivity contribution in [3.8, 4) is 17.2 Å². The fraction of sp³-hybridized carbons (Fsp3) is 0.316. The van der Waals surface area contributed by atoms with Crippen LogP contribution >= 0.6 is 0 Å². The van der Waals surface area contributed by atoms with Crippen molar-refractivity contribution in [3.63, 3.8) is 0 Å². The van der Waals surface area contributed by atoms with Gasteiger partial charge in [-0.3, -0.25) is 0 Å². The van der Waals surface area contributed by atoms with Gasteiger partial charge in [0.05, 0.1) is 92.1 Å². The zero-order chi connectivity index (χ0) is 100. The number of ether oxygens (including phenoxy) is 14. The van der Waals surface area contributed by atoms with Crippen molar-refractivity contribution in [2.75, 3.05) is 127 Å². The summed E-state index contributed by atoms with van der Waals surface area (Å²) in [6, 6.07) is 89.1. The molecular weight excluding hydrogens is 1900 g/mol. The number of halogens is 6. The number of methoxy groups -OCH3 is 3. The summed E-state index contributed by atoms with van der Waals surface area (Å²) in [4.78, 5) is 66.8. The van der Waals surface area contributed by atoms with E-state index in [1.54, 1.807) is 35.2 Å². The van der Waals surface area contributed by atoms with Crippen molar-refractivity contribution in [1.82, 2.24) is 0 Å². The van der Waals surface area contributed by atoms with Gasteiger partial charge in [-0.05, 0) is 179 Å². The van der Waals surface area contributed by atoms with E-state index >= 15 is 0 Å². The molecule has 28 nitrogen and oxygen atoms in total. The first-order valence-electron chi connectivity index (χ1n) is 40.7. The summed E-state index contributed by atoms with van der Waals surface area (Å²) in [7, 11) is -13.1. The highest BCUT2D eigenvalue weighted by Crippen LogP contribution is 2.36. The van der Waals surface area contributed by atoms with Crippen LogP contribution in [0.5, 0.6) is 17.2 Å². The lowest BCUT2D eigenvalue weighted by atomic mass is 10.1. The molecule has 0 fully saturated rings. The predicted octanol–water partition coefficient (Wildman–Crippen LogP) is 15.7. The first kappa shape index (κ1) is 116. The van der Waals surface area contributed by atoms with Crippen molar-refractivity contribution in [3.05, 3.63) is 291 Å². The van der Waals surface area contributed by atoms with Crippen LogP contribution in [0.15, 0.2) is 335 Å². The molecule has 0 N–H and O–H groups in total. The van der Waals surface area contributed by atoms with Gasteiger partial charge in [-0.1, -0.05) is 143 Å². The maximum Gasteiger partial charge on any atom is 0.367 e. The van der Waals surface area contributed by atoms with Gasteiger partial charge in [0.1, 0.15) is 37.1 Å². The Morgan fingerprint density at radius 3 is 0.793 bits per heavy atom. The zero-order valence-electron chi connectivity index (χ0n) is 75.2. The number of hydrogen-bond acceptors (Lipinski definition) is 28. The number of hydrogen-bond donors (Lipinski definition) is 0. The molecule has 40 heteroatoms. The summed E-state index contributed by atoms with van der Waals surface area (Å²) in [5.74, 6) is -3.60. The Hall–Kier alpha value is -10.9. The SMILES string of the molecule is C=C(C)C(=O)OC(CC(C)C)C(=O)OCC(F)(F)S(=O)(=O)[O-].C=C(C)C(=O)OCC(=O)OCC(F)(F)S(=O)(=O)[O-].C=C(C)C(=O)OCC(F)(F)S(=O)(=O)[O-].COCCOCCOc1ccc([S+](c2ccc(OCCOCCOC)cc2)c2ccc(OCCOCCOC)cc2)cc1.c1ccc([S+](c2ccccc2)c2ccccc2)cc1.c1ccc([S+](c2ccccc2)c2ccccc2)cc1. The molecule has 0 amide bonds. The molecule has 9 aromatic carbocycles. The fourth-order valence-corrected chi connectivity index (χ4v) is 16.9. The molecule has 9 rings (SSSR count). The van der Waals surface area contributed by atoms with Crippen molar-refractivity contribution in [2.24, 2.45) is 5.92 Å². The standard InChI is InChI=1S/C33H45O9S.2C18H15S.C12H18F2O7S.C8H10F2O7S.C6H8F2O5S/c1-34-16-19-37-22-25-40-28-4-10-31(11-5-28)43(32-12-6-29(7-13-32)41-26-23-38-20-17-35-2)33-14-8-30(9-15-33)42-27-24-39-21-18-36-3;2*1-4-10-16(11-5-1)19(17-12-6-2-7-13-17)18-14-8-3-9-15-18;1-7(2)5-9(21-10(15)8(3)4)11(16)20-6-12(13,14)22(17,18)19;1-5(2)7(12)16-3-6(11)17-4-8(9,10)18(13,14)15;1-4(2)5(9)13-3-6(7,8)14(10,11)12/h4-15H,16-27H2,1-3H3;2*1-15H;7,9H,3,5-6H2,1-2,4H3,(H,17,18,19);1,3-4H2,2H3,(H,13,14,15);1,3H2,2H3,(H,10,11,12)/q3*+1;;;/p-3. The second kappa shape index (κ2) is 61.2. The minimum absolute atomic E-state index is 0.0146. The Morgan fingerprint density at radius 2 is 0.556 bits per heavy atom. The quantitative estimate of drug-likeness (QED) is 0.00650. The zero-order valence-corrected chi connectivity index (χ0v) is 80.1. The second-order valence-corrected chi connectivity index (χ2v) is 38.7. The molecule has 0 saturated carbocycles. The molecule has 1 unspecified atom stereocenters. The fourth-order valence-electron chi connectivity index (χ4n) is 10.0. The number of carbonyl (C=O) groups excluding carboxylic acids is 5. The average molecular weight is 2000 g/mol. The van der Waals surface area contributed by atoms with Gasteiger partial charge in [0.2, 0.25) is 0 Å². The maximum atomic E-state index is 12.9. The van der Waals surface area contributed by atoms with E-state index in [0.717, 1.165) is 17.2 Å². The van der Waals surface area contributed by atoms with Crippen LogP contribution in [0.3, 0.4) is 0 Å². The number of rotatable bonds is 48. The Kier molecular flexibility index (Phi) is 52.8. The van der Waals surface area contributed by atoms with Gasteiger partial charge in [-0.15, -0.1) is 0 Å². The van der Waals surface area contributed by atoms with Gasteiger partial charge in [0.15, 0.2) is 107 Å². The average Bonchev–Trinajstić information content (AvgIpc) is 0.776. The highest BCUT2D eigenvalue weighted by atomic mass is 32.2. The predicted molar refractivity (Wildman–Crippen MR) is 491 cm³/mol. The lowest BCUT2D eigenvalue weighted by molar-refractivity contribution is -0.170. The largest absolute Gasteiger partial charge is 0.743 e. The summed E-state index contributed by atoms with van der Waals surface area (Å²) in [6.45, 7) is 16.3. The second-order valence-electron chi connectivity index (χ2n) is 28.1. The van der Waals surface area contributed by atoms with Crippen LogP contribution in [0.2, 0.25) is 0 Å². The molecule has 1 atom stereocenters. The van der Waals surface area contributed by atoms with Crippen LogP contribution in [0, 0.1) is 5.92 Å². The summed E-state index contributed by atoms with van der Waals surface area (Å²) in [5, 5.41) is -14.1. The van der Waals surface area contributed by atoms with Crippen molar-refractivity contribution in [1.29, 1.82) is 0 Å². The van der Waals surface area contributed by atoms with E-state index in [1.165, 1.54) is 64.8 Å². The third kappa shape index (κ3) is 44.6. The highest BCUT2D eigenvalue weighted by molar-refractivity contribution is 7.97. The van der Waals surface area contributed by atoms with E-state index in [0.29, 0.717) is 79.3 Å². The van der Waals surface area contributed by atoms with Crippen LogP contribution in [0.1, 0.15) is 41.0 Å². The van der Waals surface area contributed by atoms with Crippen LogP contribution in [0.25, 0.3) is 0 Å². The molecule has 0 aromatic heterocycles. The first-order valence-corrected chi connectivity index (χ1v) is 48.6. The van der Waals surface area contributed by atoms with Crippen molar-refractivity contribution in [2.45, 2.75) is 107 Å². The smallest absolute Gasteiger partial charge is 0.367 e. The molecule has 0 radical (unpaired) electrons. The highest BCUT2D eigenvalue weighted by Gasteiger charge is 2.43. The molecule has 0 spiro atoms. The topological polar surface area (TPSA) is 386 Å². The molecule has 0 aliphatic carbocycles. The molecule has 9 aromatic rings. The molecule has 0 saturated heterocycles. The number of carbonyl (C=O) groups is 5. The number of alkyl halides is 6. The number of esters is 5. The monoisotopic (exact) mass is 2000 g/mol. The van der Waals surface area contributed by atoms with Crippen molar-refractivity contribution < 1.29 is 156 Å². The van der Waals surface area contributed by atoms with E-state index in [4.69, 9.17) is 47.4 Å². The maximum absolute atomic E-state index is 12.9. The molecular formula is C95H108F6O28S6. The molecule has 734 valence electrons. The van der Waals surface area contributed by atoms with E-state index in [9.17, 15) is 89.2 Å². The lowest BCUT2D eigenvalue weighted by Gasteiger charge is -2.22. The van der Waals surface area contributed by atoms with E-state index in [-0.39, 0.29) is 61.7 Å². The Balaban J connectivity index is 0.000000356. The van der Waals surface area contributed by atoms with Gasteiger partial charge in [0, 0.05) is 38.0 Å². The van der Waals surface area contributed by atoms with Crippen molar-refractivity contribution >= 4 is 92.9 Å². The summed E-state index contributed by atoms with van der Waals surface area (Å²) in [5.41, 5.74) is -0.228. The molecule has 0 aliphatic heterocycles. The van der Waals surface area contributed by atoms with Crippen LogP contribution in [0.4, 0.5) is 26.3 Å². The third-order valence-electron chi connectivity index (χ3n) is 16.7. The van der Waals surface area contributed by atoms with E-state index in [2.05, 4.69) is 257 Å². The van der Waals surface area contributed by atoms with E-state index in [1.807, 2.05) is 36.4 Å². The first-order chi connectivity index (χ1) is 64.0. The molecule has 0 heterocycles. The minimum atomic E-state index is -5.97. The normalized spacial score (nSPS) is 11.6. The van der Waals surface area contributed by atoms with Crippen LogP contribution in [-0.4, -0.2) is 218 Å². The van der Waals surface area contributed by atoms with Crippen LogP contribution < -0.4 is 14.2 Å². The minimum Gasteiger partial charge on any atom is -0.743 e. The Bertz CT molecular complexity index is 4940.